The molecule has 10 heavy (non-hydrogen) atoms. The van der Waals surface area contributed by atoms with Crippen LogP contribution in [0.25, 0.3) is 0 Å². The largest absolute Gasteiger partial charge is 0.384 e. The van der Waals surface area contributed by atoms with Crippen LogP contribution in [-0.4, -0.2) is 9.78 Å². The highest BCUT2D eigenvalue weighted by atomic mass is 127. The third-order valence-electron chi connectivity index (χ3n) is 1.22. The van der Waals surface area contributed by atoms with Crippen molar-refractivity contribution in [3.63, 3.8) is 0 Å². The minimum Gasteiger partial charge on any atom is -0.384 e. The molecule has 3 nitrogen and oxygen atoms in total. The van der Waals surface area contributed by atoms with E-state index in [4.69, 9.17) is 5.73 Å². The molecule has 0 aliphatic heterocycles. The molecule has 0 aliphatic carbocycles. The van der Waals surface area contributed by atoms with Gasteiger partial charge in [0.25, 0.3) is 0 Å². The number of anilines is 1. The van der Waals surface area contributed by atoms with E-state index >= 15 is 0 Å². The summed E-state index contributed by atoms with van der Waals surface area (Å²) in [4.78, 5) is 0. The third kappa shape index (κ3) is 1.42. The first-order valence-electron chi connectivity index (χ1n) is 3.12. The quantitative estimate of drug-likeness (QED) is 0.771. The number of nitrogens with two attached hydrogens (primary N) is 1. The van der Waals surface area contributed by atoms with E-state index in [1.54, 1.807) is 0 Å². The van der Waals surface area contributed by atoms with Crippen LogP contribution in [0.4, 0.5) is 5.82 Å². The zero-order valence-electron chi connectivity index (χ0n) is 6.00. The molecule has 0 saturated heterocycles. The second kappa shape index (κ2) is 2.77. The summed E-state index contributed by atoms with van der Waals surface area (Å²) in [6.07, 6.45) is 0. The fourth-order valence-corrected chi connectivity index (χ4v) is 1.34. The van der Waals surface area contributed by atoms with E-state index in [1.165, 1.54) is 0 Å². The first-order valence-corrected chi connectivity index (χ1v) is 4.19. The van der Waals surface area contributed by atoms with E-state index in [2.05, 4.69) is 41.5 Å². The molecule has 0 bridgehead atoms. The molecule has 0 amide bonds. The van der Waals surface area contributed by atoms with Crippen molar-refractivity contribution in [1.82, 2.24) is 9.78 Å². The van der Waals surface area contributed by atoms with E-state index < -0.39 is 0 Å². The summed E-state index contributed by atoms with van der Waals surface area (Å²) in [7, 11) is 0. The average Bonchev–Trinajstić information content (AvgIpc) is 2.10. The van der Waals surface area contributed by atoms with Crippen LogP contribution in [0.15, 0.2) is 6.07 Å². The number of aromatic nitrogens is 2. The predicted molar refractivity (Wildman–Crippen MR) is 49.7 cm³/mol. The zero-order valence-corrected chi connectivity index (χ0v) is 8.16. The molecule has 0 aromatic carbocycles. The molecule has 1 rings (SSSR count). The summed E-state index contributed by atoms with van der Waals surface area (Å²) >= 11 is 2.15. The maximum Gasteiger partial charge on any atom is 0.125 e. The van der Waals surface area contributed by atoms with E-state index in [1.807, 2.05) is 10.7 Å². The Morgan fingerprint density at radius 1 is 1.70 bits per heavy atom. The Bertz CT molecular complexity index is 229. The van der Waals surface area contributed by atoms with E-state index in [-0.39, 0.29) is 0 Å². The molecule has 0 fully saturated rings. The maximum atomic E-state index is 5.64. The molecule has 0 aliphatic rings. The van der Waals surface area contributed by atoms with Gasteiger partial charge in [0.15, 0.2) is 0 Å². The van der Waals surface area contributed by atoms with Crippen molar-refractivity contribution in [2.45, 2.75) is 19.9 Å². The molecule has 1 aromatic heterocycles. The van der Waals surface area contributed by atoms with Crippen molar-refractivity contribution in [2.24, 2.45) is 0 Å². The molecule has 4 heteroatoms. The summed E-state index contributed by atoms with van der Waals surface area (Å²) in [6, 6.07) is 2.21. The highest BCUT2D eigenvalue weighted by molar-refractivity contribution is 14.1. The van der Waals surface area contributed by atoms with Gasteiger partial charge in [-0.2, -0.15) is 5.10 Å². The SMILES string of the molecule is CC(C)n1nc(I)cc1N. The van der Waals surface area contributed by atoms with Gasteiger partial charge < -0.3 is 5.73 Å². The topological polar surface area (TPSA) is 43.8 Å². The maximum absolute atomic E-state index is 5.64. The Hall–Kier alpha value is -0.260. The number of nitrogens with zero attached hydrogens (tertiary/aromatic N) is 2. The van der Waals surface area contributed by atoms with Crippen LogP contribution in [0.5, 0.6) is 0 Å². The minimum absolute atomic E-state index is 0.350. The molecular weight excluding hydrogens is 241 g/mol. The fraction of sp³-hybridized carbons (Fsp3) is 0.500. The number of halogens is 1. The van der Waals surface area contributed by atoms with E-state index in [0.717, 1.165) is 9.52 Å². The summed E-state index contributed by atoms with van der Waals surface area (Å²) < 4.78 is 2.76. The Morgan fingerprint density at radius 2 is 2.30 bits per heavy atom. The number of hydrogen-bond acceptors (Lipinski definition) is 2. The van der Waals surface area contributed by atoms with Crippen molar-refractivity contribution in [3.05, 3.63) is 9.77 Å². The van der Waals surface area contributed by atoms with Gasteiger partial charge in [0.1, 0.15) is 9.52 Å². The first-order chi connectivity index (χ1) is 4.61. The molecule has 0 unspecified atom stereocenters. The highest BCUT2D eigenvalue weighted by Crippen LogP contribution is 2.13. The predicted octanol–water partition coefficient (Wildman–Crippen LogP) is 1.65. The lowest BCUT2D eigenvalue weighted by molar-refractivity contribution is 0.537. The first kappa shape index (κ1) is 7.84. The Kier molecular flexibility index (Phi) is 2.18. The van der Waals surface area contributed by atoms with Gasteiger partial charge >= 0.3 is 0 Å². The average molecular weight is 251 g/mol. The number of hydrogen-bond donors (Lipinski definition) is 1. The summed E-state index contributed by atoms with van der Waals surface area (Å²) in [5, 5.41) is 4.19. The van der Waals surface area contributed by atoms with Gasteiger partial charge in [-0.05, 0) is 36.4 Å². The number of rotatable bonds is 1. The van der Waals surface area contributed by atoms with Crippen LogP contribution in [-0.2, 0) is 0 Å². The Balaban J connectivity index is 3.03. The van der Waals surface area contributed by atoms with Crippen LogP contribution in [0.2, 0.25) is 0 Å². The fourth-order valence-electron chi connectivity index (χ4n) is 0.791. The Morgan fingerprint density at radius 3 is 2.50 bits per heavy atom. The van der Waals surface area contributed by atoms with Crippen LogP contribution in [0, 0.1) is 3.70 Å². The zero-order chi connectivity index (χ0) is 7.72. The van der Waals surface area contributed by atoms with Gasteiger partial charge in [0, 0.05) is 12.1 Å². The van der Waals surface area contributed by atoms with Gasteiger partial charge in [-0.3, -0.25) is 0 Å². The van der Waals surface area contributed by atoms with Crippen LogP contribution in [0.1, 0.15) is 19.9 Å². The molecule has 1 heterocycles. The van der Waals surface area contributed by atoms with Crippen molar-refractivity contribution in [1.29, 1.82) is 0 Å². The smallest absolute Gasteiger partial charge is 0.125 e. The van der Waals surface area contributed by atoms with Gasteiger partial charge in [-0.1, -0.05) is 0 Å². The van der Waals surface area contributed by atoms with Gasteiger partial charge in [0.2, 0.25) is 0 Å². The molecule has 1 aromatic rings. The molecule has 56 valence electrons. The van der Waals surface area contributed by atoms with Crippen LogP contribution in [0.3, 0.4) is 0 Å². The molecule has 0 spiro atoms. The third-order valence-corrected chi connectivity index (χ3v) is 1.75. The Labute approximate surface area is 73.7 Å². The molecule has 0 radical (unpaired) electrons. The lowest BCUT2D eigenvalue weighted by Gasteiger charge is -2.05. The van der Waals surface area contributed by atoms with Crippen molar-refractivity contribution in [3.8, 4) is 0 Å². The highest BCUT2D eigenvalue weighted by Gasteiger charge is 2.04. The van der Waals surface area contributed by atoms with Gasteiger partial charge in [-0.15, -0.1) is 0 Å². The number of nitrogen functional groups attached to an aromatic ring is 1. The normalized spacial score (nSPS) is 10.8. The van der Waals surface area contributed by atoms with E-state index in [0.29, 0.717) is 6.04 Å². The van der Waals surface area contributed by atoms with Crippen molar-refractivity contribution in [2.75, 3.05) is 5.73 Å². The second-order valence-corrected chi connectivity index (χ2v) is 3.54. The molecule has 0 atom stereocenters. The second-order valence-electron chi connectivity index (χ2n) is 2.43. The molecule has 2 N–H and O–H groups in total. The summed E-state index contributed by atoms with van der Waals surface area (Å²) in [5.74, 6) is 0.736. The van der Waals surface area contributed by atoms with Gasteiger partial charge in [-0.25, -0.2) is 4.68 Å². The van der Waals surface area contributed by atoms with Crippen molar-refractivity contribution >= 4 is 28.4 Å². The summed E-state index contributed by atoms with van der Waals surface area (Å²) in [5.41, 5.74) is 5.64. The minimum atomic E-state index is 0.350. The summed E-state index contributed by atoms with van der Waals surface area (Å²) in [6.45, 7) is 4.11. The monoisotopic (exact) mass is 251 g/mol. The van der Waals surface area contributed by atoms with E-state index in [9.17, 15) is 0 Å². The molecule has 0 saturated carbocycles. The standard InChI is InChI=1S/C6H10IN3/c1-4(2)10-6(8)3-5(7)9-10/h3-4H,8H2,1-2H3. The lowest BCUT2D eigenvalue weighted by atomic mass is 10.4. The van der Waals surface area contributed by atoms with Crippen molar-refractivity contribution < 1.29 is 0 Å². The molecular formula is C6H10IN3. The van der Waals surface area contributed by atoms with Crippen LogP contribution < -0.4 is 5.73 Å². The lowest BCUT2D eigenvalue weighted by Crippen LogP contribution is -2.06. The van der Waals surface area contributed by atoms with Gasteiger partial charge in [0.05, 0.1) is 0 Å². The van der Waals surface area contributed by atoms with Crippen LogP contribution >= 0.6 is 22.6 Å².